The topological polar surface area (TPSA) is 63.3 Å². The molecular formula is C11H11BrFNO2. The first-order valence-corrected chi connectivity index (χ1v) is 5.73. The number of anilines is 1. The first kappa shape index (κ1) is 12.7. The number of carboxylic acid groups (broad SMARTS) is 1. The maximum atomic E-state index is 13.4. The van der Waals surface area contributed by atoms with Crippen molar-refractivity contribution in [2.24, 2.45) is 0 Å². The Morgan fingerprint density at radius 3 is 2.81 bits per heavy atom. The van der Waals surface area contributed by atoms with Crippen LogP contribution in [0.2, 0.25) is 0 Å². The zero-order valence-electron chi connectivity index (χ0n) is 8.41. The fourth-order valence-electron chi connectivity index (χ4n) is 1.19. The second-order valence-corrected chi connectivity index (χ2v) is 3.94. The predicted molar refractivity (Wildman–Crippen MR) is 65.2 cm³/mol. The molecule has 0 amide bonds. The number of rotatable bonds is 4. The Morgan fingerprint density at radius 1 is 1.56 bits per heavy atom. The molecule has 3 nitrogen and oxygen atoms in total. The van der Waals surface area contributed by atoms with Crippen LogP contribution in [0.1, 0.15) is 22.3 Å². The number of hydrogen-bond acceptors (Lipinski definition) is 2. The highest BCUT2D eigenvalue weighted by atomic mass is 79.9. The lowest BCUT2D eigenvalue weighted by Gasteiger charge is -2.03. The summed E-state index contributed by atoms with van der Waals surface area (Å²) in [6.07, 6.45) is 4.05. The number of carbonyl (C=O) groups is 1. The molecule has 0 heterocycles. The number of hydrogen-bond donors (Lipinski definition) is 2. The number of allylic oxidation sites excluding steroid dienone is 1. The molecule has 0 fully saturated rings. The largest absolute Gasteiger partial charge is 0.478 e. The van der Waals surface area contributed by atoms with Crippen LogP contribution < -0.4 is 5.73 Å². The average Bonchev–Trinajstić information content (AvgIpc) is 2.21. The molecular weight excluding hydrogens is 277 g/mol. The summed E-state index contributed by atoms with van der Waals surface area (Å²) in [4.78, 5) is 10.8. The lowest BCUT2D eigenvalue weighted by molar-refractivity contribution is 0.0698. The van der Waals surface area contributed by atoms with Crippen molar-refractivity contribution in [2.75, 3.05) is 11.1 Å². The minimum absolute atomic E-state index is 0.0670. The maximum absolute atomic E-state index is 13.4. The first-order chi connectivity index (χ1) is 7.56. The summed E-state index contributed by atoms with van der Waals surface area (Å²) < 4.78 is 13.4. The summed E-state index contributed by atoms with van der Waals surface area (Å²) in [5.74, 6) is -1.68. The van der Waals surface area contributed by atoms with Gasteiger partial charge < -0.3 is 10.8 Å². The number of benzene rings is 1. The van der Waals surface area contributed by atoms with Crippen LogP contribution in [0.4, 0.5) is 10.1 Å². The van der Waals surface area contributed by atoms with E-state index in [4.69, 9.17) is 10.8 Å². The summed E-state index contributed by atoms with van der Waals surface area (Å²) >= 11 is 3.23. The minimum atomic E-state index is -1.16. The summed E-state index contributed by atoms with van der Waals surface area (Å²) in [5, 5.41) is 9.59. The molecule has 0 atom stereocenters. The lowest BCUT2D eigenvalue weighted by Crippen LogP contribution is -2.04. The number of nitrogens with two attached hydrogens (primary N) is 1. The highest BCUT2D eigenvalue weighted by molar-refractivity contribution is 9.09. The molecule has 1 aromatic rings. The van der Waals surface area contributed by atoms with Crippen LogP contribution >= 0.6 is 15.9 Å². The summed E-state index contributed by atoms with van der Waals surface area (Å²) in [5.41, 5.74) is 5.47. The Morgan fingerprint density at radius 2 is 2.25 bits per heavy atom. The standard InChI is InChI=1S/C11H11BrFNO2/c12-4-2-1-3-7-5-8(11(15)16)10(14)6-9(7)13/h1,3,5-6H,2,4,14H2,(H,15,16). The van der Waals surface area contributed by atoms with Crippen LogP contribution in [0.5, 0.6) is 0 Å². The van der Waals surface area contributed by atoms with E-state index in [1.165, 1.54) is 6.07 Å². The van der Waals surface area contributed by atoms with Crippen LogP contribution in [-0.2, 0) is 0 Å². The van der Waals surface area contributed by atoms with Crippen LogP contribution in [0.25, 0.3) is 6.08 Å². The third kappa shape index (κ3) is 3.06. The van der Waals surface area contributed by atoms with Crippen LogP contribution in [0.15, 0.2) is 18.2 Å². The second kappa shape index (κ2) is 5.65. The molecule has 1 rings (SSSR count). The van der Waals surface area contributed by atoms with Crippen molar-refractivity contribution in [2.45, 2.75) is 6.42 Å². The van der Waals surface area contributed by atoms with E-state index in [1.807, 2.05) is 0 Å². The summed E-state index contributed by atoms with van der Waals surface area (Å²) in [6, 6.07) is 2.26. The van der Waals surface area contributed by atoms with Gasteiger partial charge in [-0.05, 0) is 18.6 Å². The quantitative estimate of drug-likeness (QED) is 0.661. The summed E-state index contributed by atoms with van der Waals surface area (Å²) in [6.45, 7) is 0. The molecule has 0 saturated heterocycles. The fourth-order valence-corrected chi connectivity index (χ4v) is 1.46. The van der Waals surface area contributed by atoms with Gasteiger partial charge >= 0.3 is 5.97 Å². The SMILES string of the molecule is Nc1cc(F)c(C=CCCBr)cc1C(=O)O. The lowest BCUT2D eigenvalue weighted by atomic mass is 10.1. The van der Waals surface area contributed by atoms with E-state index in [9.17, 15) is 9.18 Å². The first-order valence-electron chi connectivity index (χ1n) is 4.61. The monoisotopic (exact) mass is 287 g/mol. The fraction of sp³-hybridized carbons (Fsp3) is 0.182. The van der Waals surface area contributed by atoms with Gasteiger partial charge in [-0.1, -0.05) is 28.1 Å². The van der Waals surface area contributed by atoms with Crippen LogP contribution in [-0.4, -0.2) is 16.4 Å². The normalized spacial score (nSPS) is 10.9. The Balaban J connectivity index is 3.09. The zero-order valence-corrected chi connectivity index (χ0v) is 10.00. The number of halogens is 2. The van der Waals surface area contributed by atoms with Gasteiger partial charge in [-0.15, -0.1) is 0 Å². The molecule has 1 aromatic carbocycles. The van der Waals surface area contributed by atoms with Gasteiger partial charge in [0.1, 0.15) is 5.82 Å². The van der Waals surface area contributed by atoms with E-state index in [-0.39, 0.29) is 16.8 Å². The molecule has 0 aromatic heterocycles. The molecule has 0 aliphatic carbocycles. The van der Waals surface area contributed by atoms with Gasteiger partial charge in [-0.25, -0.2) is 9.18 Å². The van der Waals surface area contributed by atoms with Gasteiger partial charge in [0.05, 0.1) is 5.56 Å². The Kier molecular flexibility index (Phi) is 4.49. The van der Waals surface area contributed by atoms with Crippen molar-refractivity contribution in [3.63, 3.8) is 0 Å². The van der Waals surface area contributed by atoms with Gasteiger partial charge in [0.2, 0.25) is 0 Å². The van der Waals surface area contributed by atoms with Gasteiger partial charge in [0.15, 0.2) is 0 Å². The van der Waals surface area contributed by atoms with Crippen LogP contribution in [0.3, 0.4) is 0 Å². The third-order valence-corrected chi connectivity index (χ3v) is 2.43. The Hall–Kier alpha value is -1.36. The van der Waals surface area contributed by atoms with Crippen LogP contribution in [0, 0.1) is 5.82 Å². The van der Waals surface area contributed by atoms with Crippen molar-refractivity contribution in [3.05, 3.63) is 35.2 Å². The smallest absolute Gasteiger partial charge is 0.337 e. The number of alkyl halides is 1. The van der Waals surface area contributed by atoms with E-state index in [2.05, 4.69) is 15.9 Å². The summed E-state index contributed by atoms with van der Waals surface area (Å²) in [7, 11) is 0. The Bertz CT molecular complexity index is 432. The molecule has 0 aliphatic heterocycles. The molecule has 0 spiro atoms. The average molecular weight is 288 g/mol. The van der Waals surface area contributed by atoms with E-state index >= 15 is 0 Å². The second-order valence-electron chi connectivity index (χ2n) is 3.15. The predicted octanol–water partition coefficient (Wildman–Crippen LogP) is 2.90. The highest BCUT2D eigenvalue weighted by Gasteiger charge is 2.11. The van der Waals surface area contributed by atoms with Gasteiger partial charge in [-0.2, -0.15) is 0 Å². The van der Waals surface area contributed by atoms with E-state index < -0.39 is 11.8 Å². The zero-order chi connectivity index (χ0) is 12.1. The van der Waals surface area contributed by atoms with Gasteiger partial charge in [0.25, 0.3) is 0 Å². The maximum Gasteiger partial charge on any atom is 0.337 e. The molecule has 0 saturated carbocycles. The van der Waals surface area contributed by atoms with Crippen molar-refractivity contribution in [1.82, 2.24) is 0 Å². The molecule has 0 radical (unpaired) electrons. The molecule has 3 N–H and O–H groups in total. The van der Waals surface area contributed by atoms with E-state index in [0.29, 0.717) is 0 Å². The molecule has 0 bridgehead atoms. The van der Waals surface area contributed by atoms with E-state index in [1.54, 1.807) is 12.2 Å². The highest BCUT2D eigenvalue weighted by Crippen LogP contribution is 2.19. The third-order valence-electron chi connectivity index (χ3n) is 1.97. The Labute approximate surface area is 101 Å². The number of carboxylic acids is 1. The minimum Gasteiger partial charge on any atom is -0.478 e. The van der Waals surface area contributed by atoms with Gasteiger partial charge in [0, 0.05) is 16.6 Å². The van der Waals surface area contributed by atoms with Crippen molar-refractivity contribution in [1.29, 1.82) is 0 Å². The van der Waals surface area contributed by atoms with E-state index in [0.717, 1.165) is 17.8 Å². The number of aromatic carboxylic acids is 1. The number of nitrogen functional groups attached to an aromatic ring is 1. The molecule has 86 valence electrons. The molecule has 5 heteroatoms. The van der Waals surface area contributed by atoms with Gasteiger partial charge in [-0.3, -0.25) is 0 Å². The molecule has 0 unspecified atom stereocenters. The van der Waals surface area contributed by atoms with Crippen molar-refractivity contribution >= 4 is 33.7 Å². The van der Waals surface area contributed by atoms with Crippen molar-refractivity contribution < 1.29 is 14.3 Å². The molecule has 0 aliphatic rings. The molecule has 16 heavy (non-hydrogen) atoms. The van der Waals surface area contributed by atoms with Crippen molar-refractivity contribution in [3.8, 4) is 0 Å².